The van der Waals surface area contributed by atoms with E-state index in [1.807, 2.05) is 6.92 Å². The van der Waals surface area contributed by atoms with Crippen LogP contribution in [0.3, 0.4) is 0 Å². The molecule has 116 valence electrons. The molecule has 0 unspecified atom stereocenters. The number of anilines is 1. The quantitative estimate of drug-likeness (QED) is 0.929. The van der Waals surface area contributed by atoms with Gasteiger partial charge in [-0.15, -0.1) is 8.78 Å². The van der Waals surface area contributed by atoms with Crippen molar-refractivity contribution in [2.75, 3.05) is 5.32 Å². The van der Waals surface area contributed by atoms with Crippen LogP contribution in [0.1, 0.15) is 18.2 Å². The summed E-state index contributed by atoms with van der Waals surface area (Å²) < 4.78 is 34.7. The molecule has 1 aromatic heterocycles. The van der Waals surface area contributed by atoms with Gasteiger partial charge in [-0.1, -0.05) is 24.6 Å². The van der Waals surface area contributed by atoms with Gasteiger partial charge in [0.05, 0.1) is 5.69 Å². The topological polar surface area (TPSA) is 56.3 Å². The molecule has 1 N–H and O–H groups in total. The smallest absolute Gasteiger partial charge is 0.395 e. The Balaban J connectivity index is 1.73. The number of aryl methyl sites for hydroxylation is 1. The van der Waals surface area contributed by atoms with Gasteiger partial charge in [-0.05, 0) is 24.1 Å². The number of hydrogen-bond donors (Lipinski definition) is 1. The highest BCUT2D eigenvalue weighted by atomic mass is 35.5. The Labute approximate surface area is 130 Å². The van der Waals surface area contributed by atoms with Crippen LogP contribution in [-0.4, -0.2) is 16.3 Å². The lowest BCUT2D eigenvalue weighted by Crippen LogP contribution is -2.25. The van der Waals surface area contributed by atoms with Crippen LogP contribution < -0.4 is 14.8 Å². The summed E-state index contributed by atoms with van der Waals surface area (Å²) in [6.07, 6.45) is -1.50. The molecule has 0 saturated carbocycles. The van der Waals surface area contributed by atoms with E-state index in [1.165, 1.54) is 18.5 Å². The van der Waals surface area contributed by atoms with Crippen molar-refractivity contribution in [2.45, 2.75) is 26.2 Å². The molecule has 0 bridgehead atoms. The summed E-state index contributed by atoms with van der Waals surface area (Å²) in [5.74, 6) is 0.519. The lowest BCUT2D eigenvalue weighted by Gasteiger charge is -2.09. The third-order valence-corrected chi connectivity index (χ3v) is 3.52. The number of ether oxygens (including phenoxy) is 2. The summed E-state index contributed by atoms with van der Waals surface area (Å²) in [6, 6.07) is 4.58. The third-order valence-electron chi connectivity index (χ3n) is 3.12. The molecule has 22 heavy (non-hydrogen) atoms. The van der Waals surface area contributed by atoms with Crippen LogP contribution in [0.4, 0.5) is 14.6 Å². The number of nitrogens with zero attached hydrogens (tertiary/aromatic N) is 2. The van der Waals surface area contributed by atoms with Crippen molar-refractivity contribution in [3.05, 3.63) is 40.8 Å². The predicted octanol–water partition coefficient (Wildman–Crippen LogP) is 3.63. The van der Waals surface area contributed by atoms with Gasteiger partial charge in [-0.25, -0.2) is 9.97 Å². The summed E-state index contributed by atoms with van der Waals surface area (Å²) in [6.45, 7) is 2.29. The van der Waals surface area contributed by atoms with Crippen LogP contribution in [-0.2, 0) is 13.0 Å². The second-order valence-corrected chi connectivity index (χ2v) is 5.02. The Hall–Kier alpha value is -2.15. The molecule has 2 heterocycles. The monoisotopic (exact) mass is 327 g/mol. The van der Waals surface area contributed by atoms with E-state index >= 15 is 0 Å². The van der Waals surface area contributed by atoms with Gasteiger partial charge in [-0.2, -0.15) is 0 Å². The lowest BCUT2D eigenvalue weighted by molar-refractivity contribution is -0.286. The van der Waals surface area contributed by atoms with Crippen LogP contribution in [0.15, 0.2) is 24.5 Å². The average Bonchev–Trinajstić information content (AvgIpc) is 2.79. The number of fused-ring (bicyclic) bond motifs is 1. The molecule has 0 radical (unpaired) electrons. The molecule has 1 aromatic carbocycles. The fourth-order valence-electron chi connectivity index (χ4n) is 2.07. The molecule has 3 rings (SSSR count). The second-order valence-electron chi connectivity index (χ2n) is 4.64. The van der Waals surface area contributed by atoms with E-state index in [1.54, 1.807) is 6.07 Å². The summed E-state index contributed by atoms with van der Waals surface area (Å²) >= 11 is 6.17. The van der Waals surface area contributed by atoms with Gasteiger partial charge in [0.1, 0.15) is 17.2 Å². The standard InChI is InChI=1S/C14H12ClF2N3O2/c1-2-9-12(15)13(20-7-19-9)18-6-8-3-4-10-11(5-8)22-14(16,17)21-10/h3-5,7H,2,6H2,1H3,(H,18,19,20). The van der Waals surface area contributed by atoms with Gasteiger partial charge >= 0.3 is 6.29 Å². The maximum Gasteiger partial charge on any atom is 0.586 e. The average molecular weight is 328 g/mol. The van der Waals surface area contributed by atoms with E-state index in [9.17, 15) is 8.78 Å². The van der Waals surface area contributed by atoms with Crippen LogP contribution in [0.25, 0.3) is 0 Å². The molecular weight excluding hydrogens is 316 g/mol. The summed E-state index contributed by atoms with van der Waals surface area (Å²) in [5.41, 5.74) is 1.47. The van der Waals surface area contributed by atoms with Crippen molar-refractivity contribution in [1.29, 1.82) is 0 Å². The number of benzene rings is 1. The fourth-order valence-corrected chi connectivity index (χ4v) is 2.36. The Morgan fingerprint density at radius 2 is 2.00 bits per heavy atom. The molecule has 8 heteroatoms. The predicted molar refractivity (Wildman–Crippen MR) is 76.4 cm³/mol. The lowest BCUT2D eigenvalue weighted by atomic mass is 10.2. The van der Waals surface area contributed by atoms with E-state index in [-0.39, 0.29) is 11.5 Å². The van der Waals surface area contributed by atoms with Crippen molar-refractivity contribution in [2.24, 2.45) is 0 Å². The van der Waals surface area contributed by atoms with Crippen molar-refractivity contribution in [3.8, 4) is 11.5 Å². The first-order valence-electron chi connectivity index (χ1n) is 6.60. The van der Waals surface area contributed by atoms with Crippen LogP contribution >= 0.6 is 11.6 Å². The molecule has 0 fully saturated rings. The number of halogens is 3. The molecule has 0 spiro atoms. The van der Waals surface area contributed by atoms with E-state index in [0.29, 0.717) is 23.8 Å². The molecule has 2 aromatic rings. The van der Waals surface area contributed by atoms with Crippen LogP contribution in [0.2, 0.25) is 5.02 Å². The van der Waals surface area contributed by atoms with Gasteiger partial charge in [0, 0.05) is 6.54 Å². The number of alkyl halides is 2. The number of nitrogens with one attached hydrogen (secondary N) is 1. The Kier molecular flexibility index (Phi) is 3.74. The van der Waals surface area contributed by atoms with Crippen molar-refractivity contribution >= 4 is 17.4 Å². The van der Waals surface area contributed by atoms with Crippen LogP contribution in [0, 0.1) is 0 Å². The zero-order valence-corrected chi connectivity index (χ0v) is 12.3. The van der Waals surface area contributed by atoms with Crippen molar-refractivity contribution < 1.29 is 18.3 Å². The zero-order chi connectivity index (χ0) is 15.7. The van der Waals surface area contributed by atoms with E-state index in [2.05, 4.69) is 24.8 Å². The Morgan fingerprint density at radius 3 is 2.77 bits per heavy atom. The maximum atomic E-state index is 13.0. The first-order chi connectivity index (χ1) is 10.5. The van der Waals surface area contributed by atoms with Crippen molar-refractivity contribution in [3.63, 3.8) is 0 Å². The molecule has 0 saturated heterocycles. The fraction of sp³-hybridized carbons (Fsp3) is 0.286. The maximum absolute atomic E-state index is 13.0. The van der Waals surface area contributed by atoms with Crippen LogP contribution in [0.5, 0.6) is 11.5 Å². The molecule has 0 atom stereocenters. The van der Waals surface area contributed by atoms with Gasteiger partial charge < -0.3 is 14.8 Å². The minimum absolute atomic E-state index is 0.00679. The number of aromatic nitrogens is 2. The number of rotatable bonds is 4. The Bertz CT molecular complexity index is 712. The molecule has 0 amide bonds. The minimum atomic E-state index is -3.61. The second kappa shape index (κ2) is 5.57. The molecule has 1 aliphatic rings. The highest BCUT2D eigenvalue weighted by Gasteiger charge is 2.43. The van der Waals surface area contributed by atoms with E-state index in [0.717, 1.165) is 11.3 Å². The highest BCUT2D eigenvalue weighted by molar-refractivity contribution is 6.33. The third kappa shape index (κ3) is 2.89. The summed E-state index contributed by atoms with van der Waals surface area (Å²) in [7, 11) is 0. The number of hydrogen-bond acceptors (Lipinski definition) is 5. The zero-order valence-electron chi connectivity index (χ0n) is 11.6. The van der Waals surface area contributed by atoms with E-state index in [4.69, 9.17) is 11.6 Å². The first kappa shape index (κ1) is 14.8. The molecular formula is C14H12ClF2N3O2. The van der Waals surface area contributed by atoms with Crippen molar-refractivity contribution in [1.82, 2.24) is 9.97 Å². The summed E-state index contributed by atoms with van der Waals surface area (Å²) in [4.78, 5) is 8.14. The Morgan fingerprint density at radius 1 is 1.23 bits per heavy atom. The largest absolute Gasteiger partial charge is 0.586 e. The van der Waals surface area contributed by atoms with Gasteiger partial charge in [-0.3, -0.25) is 0 Å². The molecule has 0 aliphatic carbocycles. The van der Waals surface area contributed by atoms with Gasteiger partial charge in [0.2, 0.25) is 0 Å². The minimum Gasteiger partial charge on any atom is -0.395 e. The van der Waals surface area contributed by atoms with E-state index < -0.39 is 6.29 Å². The molecule has 1 aliphatic heterocycles. The SMILES string of the molecule is CCc1ncnc(NCc2ccc3c(c2)OC(F)(F)O3)c1Cl. The van der Waals surface area contributed by atoms with Gasteiger partial charge in [0.15, 0.2) is 11.5 Å². The normalized spacial score (nSPS) is 14.9. The summed E-state index contributed by atoms with van der Waals surface area (Å²) in [5, 5.41) is 3.50. The molecule has 5 nitrogen and oxygen atoms in total. The highest BCUT2D eigenvalue weighted by Crippen LogP contribution is 2.41. The first-order valence-corrected chi connectivity index (χ1v) is 6.98. The van der Waals surface area contributed by atoms with Gasteiger partial charge in [0.25, 0.3) is 0 Å².